The van der Waals surface area contributed by atoms with Crippen molar-refractivity contribution in [3.63, 3.8) is 0 Å². The first-order valence-corrected chi connectivity index (χ1v) is 14.0. The first-order chi connectivity index (χ1) is 19.3. The molecule has 5 rings (SSSR count). The topological polar surface area (TPSA) is 152 Å². The minimum atomic E-state index is -1.94. The number of aliphatic hydroxyl groups is 1. The van der Waals surface area contributed by atoms with Gasteiger partial charge in [0.05, 0.1) is 36.0 Å². The molecule has 41 heavy (non-hydrogen) atoms. The van der Waals surface area contributed by atoms with Gasteiger partial charge in [-0.15, -0.1) is 0 Å². The highest BCUT2D eigenvalue weighted by atomic mass is 16.7. The molecule has 0 bridgehead atoms. The van der Waals surface area contributed by atoms with Crippen molar-refractivity contribution in [3.8, 4) is 17.2 Å². The van der Waals surface area contributed by atoms with Gasteiger partial charge in [0.15, 0.2) is 17.9 Å². The van der Waals surface area contributed by atoms with E-state index in [1.807, 2.05) is 20.8 Å². The zero-order chi connectivity index (χ0) is 30.0. The molecule has 0 spiro atoms. The quantitative estimate of drug-likeness (QED) is 0.326. The standard InChI is InChI=1S/C31H37NO9/c1-13(2)32-19-10-22(40-15(4)14(19)3)41-21-12-31(38,16(5)33)11-18-24(21)30(37)26-25(28(18)35)27(34)17-8-7-9-20(39-6)23(17)29(26)36/h7-9,13-15,19,21-22,32,35,37-38H,10-12H2,1-6H3/t14-,15+,19+,21+,22?,31+/m1/s1. The van der Waals surface area contributed by atoms with Crippen LogP contribution in [0.2, 0.25) is 0 Å². The molecule has 220 valence electrons. The smallest absolute Gasteiger partial charge is 0.202 e. The lowest BCUT2D eigenvalue weighted by Gasteiger charge is -2.43. The molecule has 10 nitrogen and oxygen atoms in total. The highest BCUT2D eigenvalue weighted by Gasteiger charge is 2.49. The zero-order valence-electron chi connectivity index (χ0n) is 24.1. The number of phenolic OH excluding ortho intramolecular Hbond substituents is 2. The molecule has 1 heterocycles. The largest absolute Gasteiger partial charge is 0.507 e. The molecule has 2 aromatic rings. The summed E-state index contributed by atoms with van der Waals surface area (Å²) in [5, 5.41) is 38.0. The highest BCUT2D eigenvalue weighted by Crippen LogP contribution is 2.52. The van der Waals surface area contributed by atoms with Crippen LogP contribution in [0.4, 0.5) is 0 Å². The molecule has 1 aliphatic heterocycles. The van der Waals surface area contributed by atoms with Crippen LogP contribution < -0.4 is 10.1 Å². The number of rotatable bonds is 6. The molecule has 0 aromatic heterocycles. The molecule has 4 N–H and O–H groups in total. The Hall–Kier alpha value is -3.31. The number of fused-ring (bicyclic) bond motifs is 3. The highest BCUT2D eigenvalue weighted by molar-refractivity contribution is 6.31. The second-order valence-electron chi connectivity index (χ2n) is 11.8. The number of nitrogens with one attached hydrogen (secondary N) is 1. The van der Waals surface area contributed by atoms with Crippen molar-refractivity contribution in [3.05, 3.63) is 51.6 Å². The number of hydrogen-bond acceptors (Lipinski definition) is 10. The summed E-state index contributed by atoms with van der Waals surface area (Å²) in [6, 6.07) is 4.79. The Morgan fingerprint density at radius 3 is 2.41 bits per heavy atom. The summed E-state index contributed by atoms with van der Waals surface area (Å²) in [5.74, 6) is -2.70. The number of phenols is 2. The predicted octanol–water partition coefficient (Wildman–Crippen LogP) is 3.34. The van der Waals surface area contributed by atoms with Gasteiger partial charge in [0.2, 0.25) is 5.78 Å². The van der Waals surface area contributed by atoms with E-state index in [1.165, 1.54) is 26.2 Å². The van der Waals surface area contributed by atoms with E-state index >= 15 is 0 Å². The third kappa shape index (κ3) is 4.72. The molecule has 2 aromatic carbocycles. The third-order valence-corrected chi connectivity index (χ3v) is 8.78. The monoisotopic (exact) mass is 567 g/mol. The number of methoxy groups -OCH3 is 1. The number of hydrogen-bond donors (Lipinski definition) is 4. The first kappa shape index (κ1) is 29.2. The van der Waals surface area contributed by atoms with Crippen molar-refractivity contribution in [2.24, 2.45) is 5.92 Å². The summed E-state index contributed by atoms with van der Waals surface area (Å²) in [7, 11) is 1.37. The van der Waals surface area contributed by atoms with Crippen molar-refractivity contribution in [2.45, 2.75) is 90.1 Å². The second kappa shape index (κ2) is 10.5. The molecule has 6 atom stereocenters. The zero-order valence-corrected chi connectivity index (χ0v) is 24.1. The summed E-state index contributed by atoms with van der Waals surface area (Å²) in [6.07, 6.45) is -2.25. The number of Topliss-reactive ketones (excluding diaryl/α,β-unsaturated/α-hetero) is 1. The average Bonchev–Trinajstić information content (AvgIpc) is 2.91. The molecule has 3 aliphatic rings. The average molecular weight is 568 g/mol. The maximum Gasteiger partial charge on any atom is 0.202 e. The van der Waals surface area contributed by atoms with Gasteiger partial charge in [0, 0.05) is 48.0 Å². The lowest BCUT2D eigenvalue weighted by molar-refractivity contribution is -0.239. The van der Waals surface area contributed by atoms with Crippen LogP contribution in [0.3, 0.4) is 0 Å². The summed E-state index contributed by atoms with van der Waals surface area (Å²) in [5.41, 5.74) is -2.65. The molecule has 1 fully saturated rings. The van der Waals surface area contributed by atoms with E-state index in [2.05, 4.69) is 12.2 Å². The molecule has 0 saturated carbocycles. The summed E-state index contributed by atoms with van der Waals surface area (Å²) < 4.78 is 17.8. The Bertz CT molecular complexity index is 1430. The van der Waals surface area contributed by atoms with Gasteiger partial charge in [0.25, 0.3) is 0 Å². The van der Waals surface area contributed by atoms with Crippen LogP contribution in [0.1, 0.15) is 96.5 Å². The van der Waals surface area contributed by atoms with Gasteiger partial charge in [-0.2, -0.15) is 0 Å². The molecule has 0 radical (unpaired) electrons. The van der Waals surface area contributed by atoms with Gasteiger partial charge in [-0.3, -0.25) is 14.4 Å². The van der Waals surface area contributed by atoms with E-state index in [1.54, 1.807) is 6.07 Å². The van der Waals surface area contributed by atoms with Gasteiger partial charge in [-0.25, -0.2) is 0 Å². The molecular formula is C31H37NO9. The molecule has 10 heteroatoms. The van der Waals surface area contributed by atoms with Crippen LogP contribution in [0.5, 0.6) is 17.2 Å². The Morgan fingerprint density at radius 1 is 1.10 bits per heavy atom. The fraction of sp³-hybridized carbons (Fsp3) is 0.516. The number of carbonyl (C=O) groups is 3. The predicted molar refractivity (Wildman–Crippen MR) is 148 cm³/mol. The maximum atomic E-state index is 13.8. The van der Waals surface area contributed by atoms with E-state index in [-0.39, 0.29) is 76.1 Å². The van der Waals surface area contributed by atoms with Crippen molar-refractivity contribution >= 4 is 17.3 Å². The van der Waals surface area contributed by atoms with Crippen LogP contribution in [-0.2, 0) is 20.7 Å². The van der Waals surface area contributed by atoms with Crippen LogP contribution in [0.15, 0.2) is 18.2 Å². The van der Waals surface area contributed by atoms with Crippen LogP contribution in [0, 0.1) is 5.92 Å². The van der Waals surface area contributed by atoms with E-state index in [9.17, 15) is 29.7 Å². The lowest BCUT2D eigenvalue weighted by Crippen LogP contribution is -2.52. The van der Waals surface area contributed by atoms with Crippen molar-refractivity contribution in [2.75, 3.05) is 7.11 Å². The van der Waals surface area contributed by atoms with Crippen molar-refractivity contribution < 1.29 is 43.9 Å². The first-order valence-electron chi connectivity index (χ1n) is 14.0. The van der Waals surface area contributed by atoms with E-state index < -0.39 is 46.8 Å². The van der Waals surface area contributed by atoms with Crippen LogP contribution >= 0.6 is 0 Å². The van der Waals surface area contributed by atoms with E-state index in [0.29, 0.717) is 6.42 Å². The van der Waals surface area contributed by atoms with Gasteiger partial charge >= 0.3 is 0 Å². The SMILES string of the molecule is COc1cccc2c1C(=O)c1c(O)c3c(c(O)c1C2=O)C[C@@](O)(C(C)=O)C[C@@H]3OC1C[C@H](NC(C)C)[C@H](C)[C@H](C)O1. The molecule has 1 unspecified atom stereocenters. The lowest BCUT2D eigenvalue weighted by atomic mass is 9.72. The number of aromatic hydroxyl groups is 2. The fourth-order valence-corrected chi connectivity index (χ4v) is 6.39. The Labute approximate surface area is 238 Å². The normalized spacial score (nSPS) is 29.1. The minimum Gasteiger partial charge on any atom is -0.507 e. The molecule has 1 saturated heterocycles. The Balaban J connectivity index is 1.64. The fourth-order valence-electron chi connectivity index (χ4n) is 6.39. The Morgan fingerprint density at radius 2 is 1.78 bits per heavy atom. The van der Waals surface area contributed by atoms with E-state index in [0.717, 1.165) is 0 Å². The minimum absolute atomic E-state index is 0.0169. The molecular weight excluding hydrogens is 530 g/mol. The summed E-state index contributed by atoms with van der Waals surface area (Å²) >= 11 is 0. The Kier molecular flexibility index (Phi) is 7.48. The molecule has 2 aliphatic carbocycles. The number of ether oxygens (including phenoxy) is 3. The van der Waals surface area contributed by atoms with Crippen LogP contribution in [0.25, 0.3) is 0 Å². The van der Waals surface area contributed by atoms with Gasteiger partial charge in [-0.05, 0) is 25.8 Å². The second-order valence-corrected chi connectivity index (χ2v) is 11.8. The van der Waals surface area contributed by atoms with Crippen molar-refractivity contribution in [1.29, 1.82) is 0 Å². The van der Waals surface area contributed by atoms with Gasteiger partial charge < -0.3 is 34.8 Å². The van der Waals surface area contributed by atoms with Gasteiger partial charge in [-0.1, -0.05) is 32.9 Å². The number of ketones is 3. The summed E-state index contributed by atoms with van der Waals surface area (Å²) in [4.78, 5) is 40.0. The van der Waals surface area contributed by atoms with Crippen LogP contribution in [-0.4, -0.2) is 69.9 Å². The van der Waals surface area contributed by atoms with Crippen molar-refractivity contribution in [1.82, 2.24) is 5.32 Å². The third-order valence-electron chi connectivity index (χ3n) is 8.78. The number of benzene rings is 2. The maximum absolute atomic E-state index is 13.8. The number of carbonyl (C=O) groups excluding carboxylic acids is 3. The molecule has 0 amide bonds. The van der Waals surface area contributed by atoms with Gasteiger partial charge in [0.1, 0.15) is 22.8 Å². The summed E-state index contributed by atoms with van der Waals surface area (Å²) in [6.45, 7) is 9.34. The van der Waals surface area contributed by atoms with E-state index in [4.69, 9.17) is 14.2 Å².